The molecule has 0 saturated carbocycles. The molecule has 4 nitrogen and oxygen atoms in total. The normalized spacial score (nSPS) is 13.6. The van der Waals surface area contributed by atoms with Crippen molar-refractivity contribution in [3.05, 3.63) is 63.9 Å². The molecule has 3 rings (SSSR count). The Morgan fingerprint density at radius 3 is 2.56 bits per heavy atom. The zero-order valence-electron chi connectivity index (χ0n) is 14.5. The van der Waals surface area contributed by atoms with Gasteiger partial charge in [0.25, 0.3) is 0 Å². The molecule has 0 aliphatic heterocycles. The number of fused-ring (bicyclic) bond motifs is 1. The van der Waals surface area contributed by atoms with Crippen LogP contribution in [0.5, 0.6) is 0 Å². The lowest BCUT2D eigenvalue weighted by molar-refractivity contribution is -0.882. The van der Waals surface area contributed by atoms with Crippen molar-refractivity contribution in [2.75, 3.05) is 14.1 Å². The average molecular weight is 375 g/mol. The molecule has 0 amide bonds. The minimum Gasteiger partial charge on any atom is -0.319 e. The monoisotopic (exact) mass is 374 g/mol. The molecule has 0 aliphatic carbocycles. The lowest BCUT2D eigenvalue weighted by Crippen LogP contribution is -3.09. The molecular formula is C19H21ClN3OS+. The largest absolute Gasteiger partial charge is 0.319 e. The maximum atomic E-state index is 12.7. The summed E-state index contributed by atoms with van der Waals surface area (Å²) < 4.78 is 3.14. The van der Waals surface area contributed by atoms with Crippen molar-refractivity contribution in [3.63, 3.8) is 0 Å². The van der Waals surface area contributed by atoms with E-state index in [1.807, 2.05) is 22.8 Å². The number of aromatic nitrogens is 1. The Hall–Kier alpha value is -1.95. The molecule has 0 radical (unpaired) electrons. The van der Waals surface area contributed by atoms with Gasteiger partial charge in [-0.05, 0) is 36.4 Å². The summed E-state index contributed by atoms with van der Waals surface area (Å²) in [5, 5.41) is 0.628. The molecule has 1 N–H and O–H groups in total. The fraction of sp³-hybridized carbons (Fsp3) is 0.263. The molecule has 0 spiro atoms. The van der Waals surface area contributed by atoms with E-state index in [1.54, 1.807) is 35.6 Å². The Morgan fingerprint density at radius 1 is 1.20 bits per heavy atom. The first-order valence-electron chi connectivity index (χ1n) is 8.16. The molecule has 1 heterocycles. The SMILES string of the molecule is CC(N=c1sc2ccccc2n1CC(=O)c1ccc(Cl)cc1)[NH+](C)C. The number of halogens is 1. The van der Waals surface area contributed by atoms with Crippen LogP contribution in [0.1, 0.15) is 17.3 Å². The van der Waals surface area contributed by atoms with E-state index < -0.39 is 0 Å². The number of nitrogens with zero attached hydrogens (tertiary/aromatic N) is 2. The highest BCUT2D eigenvalue weighted by molar-refractivity contribution is 7.16. The molecule has 1 atom stereocenters. The summed E-state index contributed by atoms with van der Waals surface area (Å²) in [5.74, 6) is 0.0477. The highest BCUT2D eigenvalue weighted by atomic mass is 35.5. The first kappa shape index (κ1) is 17.9. The van der Waals surface area contributed by atoms with Crippen LogP contribution in [0, 0.1) is 0 Å². The third-order valence-electron chi connectivity index (χ3n) is 4.20. The maximum Gasteiger partial charge on any atom is 0.191 e. The van der Waals surface area contributed by atoms with Gasteiger partial charge in [-0.3, -0.25) is 4.79 Å². The third-order valence-corrected chi connectivity index (χ3v) is 5.52. The first-order valence-corrected chi connectivity index (χ1v) is 9.36. The Balaban J connectivity index is 2.04. The van der Waals surface area contributed by atoms with Crippen molar-refractivity contribution in [3.8, 4) is 0 Å². The van der Waals surface area contributed by atoms with E-state index >= 15 is 0 Å². The number of thiazole rings is 1. The maximum absolute atomic E-state index is 12.7. The Labute approximate surface area is 156 Å². The van der Waals surface area contributed by atoms with Crippen molar-refractivity contribution < 1.29 is 9.69 Å². The second-order valence-electron chi connectivity index (χ2n) is 6.25. The molecular weight excluding hydrogens is 354 g/mol. The summed E-state index contributed by atoms with van der Waals surface area (Å²) in [6.07, 6.45) is 0.116. The molecule has 1 unspecified atom stereocenters. The van der Waals surface area contributed by atoms with Gasteiger partial charge in [0.2, 0.25) is 0 Å². The summed E-state index contributed by atoms with van der Waals surface area (Å²) in [4.78, 5) is 19.7. The van der Waals surface area contributed by atoms with Crippen LogP contribution >= 0.6 is 22.9 Å². The standard InChI is InChI=1S/C19H20ClN3OS/c1-13(22(2)3)21-19-23(16-6-4-5-7-18(16)25-19)12-17(24)14-8-10-15(20)11-9-14/h4-11,13H,12H2,1-3H3/p+1. The molecule has 0 fully saturated rings. The second-order valence-corrected chi connectivity index (χ2v) is 7.70. The van der Waals surface area contributed by atoms with E-state index in [1.165, 1.54) is 4.90 Å². The van der Waals surface area contributed by atoms with Crippen LogP contribution in [0.3, 0.4) is 0 Å². The number of nitrogens with one attached hydrogen (secondary N) is 1. The molecule has 0 aliphatic rings. The zero-order valence-corrected chi connectivity index (χ0v) is 16.1. The Kier molecular flexibility index (Phi) is 5.37. The van der Waals surface area contributed by atoms with E-state index in [0.29, 0.717) is 10.6 Å². The quantitative estimate of drug-likeness (QED) is 0.685. The van der Waals surface area contributed by atoms with Gasteiger partial charge in [-0.1, -0.05) is 35.1 Å². The molecule has 6 heteroatoms. The van der Waals surface area contributed by atoms with Crippen LogP contribution in [-0.4, -0.2) is 30.6 Å². The van der Waals surface area contributed by atoms with E-state index in [-0.39, 0.29) is 18.5 Å². The van der Waals surface area contributed by atoms with E-state index in [9.17, 15) is 4.79 Å². The number of quaternary nitrogens is 1. The molecule has 3 aromatic rings. The summed E-state index contributed by atoms with van der Waals surface area (Å²) in [5.41, 5.74) is 1.69. The van der Waals surface area contributed by atoms with Crippen molar-refractivity contribution in [1.29, 1.82) is 0 Å². The second kappa shape index (κ2) is 7.52. The first-order chi connectivity index (χ1) is 12.0. The van der Waals surface area contributed by atoms with Gasteiger partial charge < -0.3 is 9.47 Å². The number of rotatable bonds is 5. The fourth-order valence-corrected chi connectivity index (χ4v) is 3.67. The smallest absolute Gasteiger partial charge is 0.191 e. The molecule has 0 saturated heterocycles. The number of ketones is 1. The van der Waals surface area contributed by atoms with Gasteiger partial charge in [0.05, 0.1) is 30.9 Å². The van der Waals surface area contributed by atoms with Crippen LogP contribution in [0.15, 0.2) is 53.5 Å². The molecule has 25 heavy (non-hydrogen) atoms. The van der Waals surface area contributed by atoms with E-state index in [2.05, 4.69) is 27.1 Å². The van der Waals surface area contributed by atoms with Gasteiger partial charge in [-0.2, -0.15) is 4.99 Å². The lowest BCUT2D eigenvalue weighted by Gasteiger charge is -2.12. The van der Waals surface area contributed by atoms with Crippen molar-refractivity contribution in [2.45, 2.75) is 19.6 Å². The lowest BCUT2D eigenvalue weighted by atomic mass is 10.1. The number of Topliss-reactive ketones (excluding diaryl/α,β-unsaturated/α-hetero) is 1. The summed E-state index contributed by atoms with van der Waals surface area (Å²) in [6, 6.07) is 15.1. The van der Waals surface area contributed by atoms with Gasteiger partial charge in [0, 0.05) is 17.5 Å². The predicted octanol–water partition coefficient (Wildman–Crippen LogP) is 2.63. The van der Waals surface area contributed by atoms with E-state index in [0.717, 1.165) is 15.0 Å². The summed E-state index contributed by atoms with van der Waals surface area (Å²) in [7, 11) is 4.15. The highest BCUT2D eigenvalue weighted by Crippen LogP contribution is 2.18. The number of para-hydroxylation sites is 1. The Morgan fingerprint density at radius 2 is 1.88 bits per heavy atom. The van der Waals surface area contributed by atoms with Crippen LogP contribution in [0.4, 0.5) is 0 Å². The van der Waals surface area contributed by atoms with Crippen LogP contribution in [0.25, 0.3) is 10.2 Å². The van der Waals surface area contributed by atoms with Crippen LogP contribution in [0.2, 0.25) is 5.02 Å². The van der Waals surface area contributed by atoms with Gasteiger partial charge in [-0.15, -0.1) is 0 Å². The topological polar surface area (TPSA) is 38.8 Å². The highest BCUT2D eigenvalue weighted by Gasteiger charge is 2.13. The van der Waals surface area contributed by atoms with E-state index in [4.69, 9.17) is 16.6 Å². The van der Waals surface area contributed by atoms with Gasteiger partial charge in [0.1, 0.15) is 0 Å². The molecule has 1 aromatic heterocycles. The number of hydrogen-bond acceptors (Lipinski definition) is 3. The molecule has 130 valence electrons. The summed E-state index contributed by atoms with van der Waals surface area (Å²) >= 11 is 7.54. The Bertz CT molecular complexity index is 957. The minimum atomic E-state index is 0.0477. The number of hydrogen-bond donors (Lipinski definition) is 1. The third kappa shape index (κ3) is 4.00. The predicted molar refractivity (Wildman–Crippen MR) is 103 cm³/mol. The van der Waals surface area contributed by atoms with Gasteiger partial charge >= 0.3 is 0 Å². The molecule has 2 aromatic carbocycles. The van der Waals surface area contributed by atoms with Crippen LogP contribution in [-0.2, 0) is 6.54 Å². The molecule has 0 bridgehead atoms. The van der Waals surface area contributed by atoms with Crippen molar-refractivity contribution in [2.24, 2.45) is 4.99 Å². The fourth-order valence-electron chi connectivity index (χ4n) is 2.44. The van der Waals surface area contributed by atoms with Gasteiger partial charge in [-0.25, -0.2) is 0 Å². The summed E-state index contributed by atoms with van der Waals surface area (Å²) in [6.45, 7) is 2.34. The van der Waals surface area contributed by atoms with Gasteiger partial charge in [0.15, 0.2) is 16.8 Å². The van der Waals surface area contributed by atoms with Crippen molar-refractivity contribution >= 4 is 38.9 Å². The average Bonchev–Trinajstić information content (AvgIpc) is 2.92. The zero-order chi connectivity index (χ0) is 18.0. The number of carbonyl (C=O) groups excluding carboxylic acids is 1. The number of benzene rings is 2. The van der Waals surface area contributed by atoms with Crippen LogP contribution < -0.4 is 9.70 Å². The minimum absolute atomic E-state index is 0.0477. The number of carbonyl (C=O) groups is 1. The van der Waals surface area contributed by atoms with Crippen molar-refractivity contribution in [1.82, 2.24) is 4.57 Å².